The number of alkyl halides is 3. The molecule has 1 saturated carbocycles. The van der Waals surface area contributed by atoms with Gasteiger partial charge in [-0.25, -0.2) is 4.98 Å². The van der Waals surface area contributed by atoms with Crippen LogP contribution in [0.1, 0.15) is 51.9 Å². The number of nitrogens with zero attached hydrogens (tertiary/aromatic N) is 1. The number of hydrogen-bond acceptors (Lipinski definition) is 5. The van der Waals surface area contributed by atoms with Gasteiger partial charge in [0.1, 0.15) is 17.3 Å². The smallest absolute Gasteiger partial charge is 0.416 e. The lowest BCUT2D eigenvalue weighted by molar-refractivity contribution is -0.137. The van der Waals surface area contributed by atoms with E-state index in [9.17, 15) is 22.8 Å². The maximum atomic E-state index is 13.3. The largest absolute Gasteiger partial charge is 0.457 e. The van der Waals surface area contributed by atoms with Gasteiger partial charge in [0.15, 0.2) is 0 Å². The van der Waals surface area contributed by atoms with Gasteiger partial charge in [-0.2, -0.15) is 13.2 Å². The summed E-state index contributed by atoms with van der Waals surface area (Å²) in [4.78, 5) is 29.0. The van der Waals surface area contributed by atoms with Crippen molar-refractivity contribution < 1.29 is 27.5 Å². The quantitative estimate of drug-likeness (QED) is 0.404. The number of rotatable bonds is 7. The summed E-state index contributed by atoms with van der Waals surface area (Å²) in [5.41, 5.74) is 6.94. The molecule has 2 aromatic carbocycles. The first-order chi connectivity index (χ1) is 18.2. The highest BCUT2D eigenvalue weighted by molar-refractivity contribution is 5.95. The van der Waals surface area contributed by atoms with Crippen LogP contribution < -0.4 is 21.1 Å². The second-order valence-corrected chi connectivity index (χ2v) is 9.71. The molecule has 2 aliphatic rings. The topological polar surface area (TPSA) is 106 Å². The fourth-order valence-electron chi connectivity index (χ4n) is 4.55. The summed E-state index contributed by atoms with van der Waals surface area (Å²) in [6.45, 7) is -0.102. The lowest BCUT2D eigenvalue weighted by Crippen LogP contribution is -2.39. The summed E-state index contributed by atoms with van der Waals surface area (Å²) in [5.74, 6) is 0.989. The molecule has 1 unspecified atom stereocenters. The summed E-state index contributed by atoms with van der Waals surface area (Å²) < 4.78 is 45.8. The predicted octanol–water partition coefficient (Wildman–Crippen LogP) is 4.99. The number of benzene rings is 2. The molecule has 1 aromatic heterocycles. The predicted molar refractivity (Wildman–Crippen MR) is 135 cm³/mol. The van der Waals surface area contributed by atoms with E-state index in [1.54, 1.807) is 18.3 Å². The maximum absolute atomic E-state index is 13.3. The van der Waals surface area contributed by atoms with Crippen molar-refractivity contribution in [2.45, 2.75) is 50.9 Å². The van der Waals surface area contributed by atoms with E-state index in [-0.39, 0.29) is 35.5 Å². The lowest BCUT2D eigenvalue weighted by Gasteiger charge is -2.26. The minimum Gasteiger partial charge on any atom is -0.457 e. The fraction of sp³-hybridized carbons (Fsp3) is 0.321. The Hall–Kier alpha value is -3.92. The van der Waals surface area contributed by atoms with Gasteiger partial charge in [-0.15, -0.1) is 0 Å². The lowest BCUT2D eigenvalue weighted by atomic mass is 9.88. The molecule has 0 saturated heterocycles. The summed E-state index contributed by atoms with van der Waals surface area (Å²) in [6.07, 6.45) is 0.672. The van der Waals surface area contributed by atoms with Gasteiger partial charge in [0.2, 0.25) is 5.91 Å². The zero-order chi connectivity index (χ0) is 26.9. The Balaban J connectivity index is 1.26. The molecule has 4 N–H and O–H groups in total. The third kappa shape index (κ3) is 6.13. The number of pyridine rings is 1. The minimum atomic E-state index is -4.57. The Kier molecular flexibility index (Phi) is 7.07. The molecule has 198 valence electrons. The third-order valence-electron chi connectivity index (χ3n) is 6.73. The first-order valence-corrected chi connectivity index (χ1v) is 12.5. The molecule has 5 rings (SSSR count). The highest BCUT2D eigenvalue weighted by atomic mass is 19.4. The third-order valence-corrected chi connectivity index (χ3v) is 6.73. The van der Waals surface area contributed by atoms with Gasteiger partial charge >= 0.3 is 6.18 Å². The number of anilines is 1. The Morgan fingerprint density at radius 1 is 1.00 bits per heavy atom. The van der Waals surface area contributed by atoms with Gasteiger partial charge < -0.3 is 21.1 Å². The molecule has 10 heteroatoms. The van der Waals surface area contributed by atoms with Gasteiger partial charge in [0.25, 0.3) is 5.91 Å². The van der Waals surface area contributed by atoms with E-state index in [4.69, 9.17) is 10.5 Å². The van der Waals surface area contributed by atoms with Crippen molar-refractivity contribution in [3.63, 3.8) is 0 Å². The highest BCUT2D eigenvalue weighted by Crippen LogP contribution is 2.33. The van der Waals surface area contributed by atoms with Gasteiger partial charge in [0.05, 0.1) is 5.56 Å². The maximum Gasteiger partial charge on any atom is 0.416 e. The van der Waals surface area contributed by atoms with Crippen LogP contribution in [0.4, 0.5) is 19.0 Å². The number of nitrogens with one attached hydrogen (secondary N) is 2. The number of carbonyl (C=O) groups excluding carboxylic acids is 2. The van der Waals surface area contributed by atoms with E-state index >= 15 is 0 Å². The van der Waals surface area contributed by atoms with Crippen molar-refractivity contribution in [2.75, 3.05) is 5.32 Å². The summed E-state index contributed by atoms with van der Waals surface area (Å²) >= 11 is 0. The van der Waals surface area contributed by atoms with Crippen LogP contribution in [0.2, 0.25) is 0 Å². The number of carbonyl (C=O) groups is 2. The van der Waals surface area contributed by atoms with E-state index in [1.165, 1.54) is 6.07 Å². The van der Waals surface area contributed by atoms with Gasteiger partial charge in [-0.1, -0.05) is 6.07 Å². The van der Waals surface area contributed by atoms with E-state index in [2.05, 4.69) is 15.6 Å². The van der Waals surface area contributed by atoms with Crippen molar-refractivity contribution in [3.8, 4) is 11.5 Å². The number of ether oxygens (including phenoxy) is 1. The summed E-state index contributed by atoms with van der Waals surface area (Å²) in [5, 5.41) is 5.68. The molecule has 2 amide bonds. The average Bonchev–Trinajstić information content (AvgIpc) is 3.74. The molecule has 0 radical (unpaired) electrons. The number of halogens is 3. The van der Waals surface area contributed by atoms with Crippen molar-refractivity contribution in [2.24, 2.45) is 11.7 Å². The molecule has 38 heavy (non-hydrogen) atoms. The van der Waals surface area contributed by atoms with E-state index < -0.39 is 17.6 Å². The van der Waals surface area contributed by atoms with Crippen LogP contribution in [0.15, 0.2) is 54.7 Å². The van der Waals surface area contributed by atoms with Crippen molar-refractivity contribution in [1.29, 1.82) is 0 Å². The van der Waals surface area contributed by atoms with E-state index in [0.29, 0.717) is 36.6 Å². The molecule has 1 fully saturated rings. The number of hydrogen-bond donors (Lipinski definition) is 3. The van der Waals surface area contributed by atoms with Gasteiger partial charge in [0, 0.05) is 36.3 Å². The molecular formula is C28H27F3N4O3. The molecule has 1 atom stereocenters. The SMILES string of the molecule is NCc1cc(C(=O)NC2CCc3ccc(Oc4ccnc(NC(=O)C5CC5)c4)cc3C2)cc(C(F)(F)F)c1. The standard InChI is InChI=1S/C28H27F3N4O3/c29-28(30,31)21-10-16(15-32)9-20(11-21)27(37)34-22-5-3-17-4-6-23(13-19(17)12-22)38-24-7-8-33-25(14-24)35-26(36)18-1-2-18/h4,6-11,13-14,18,22H,1-3,5,12,15,32H2,(H,34,37)(H,33,35,36). The Morgan fingerprint density at radius 2 is 1.79 bits per heavy atom. The van der Waals surface area contributed by atoms with E-state index in [0.717, 1.165) is 36.1 Å². The number of fused-ring (bicyclic) bond motifs is 1. The zero-order valence-corrected chi connectivity index (χ0v) is 20.5. The second-order valence-electron chi connectivity index (χ2n) is 9.71. The fourth-order valence-corrected chi connectivity index (χ4v) is 4.55. The van der Waals surface area contributed by atoms with Crippen LogP contribution in [0.3, 0.4) is 0 Å². The van der Waals surface area contributed by atoms with Gasteiger partial charge in [-0.05, 0) is 85.2 Å². The molecule has 3 aromatic rings. The molecule has 0 bridgehead atoms. The van der Waals surface area contributed by atoms with Crippen molar-refractivity contribution in [3.05, 3.63) is 82.5 Å². The number of nitrogens with two attached hydrogens (primary N) is 1. The molecule has 1 heterocycles. The Labute approximate surface area is 217 Å². The minimum absolute atomic E-state index is 0.0408. The van der Waals surface area contributed by atoms with Crippen LogP contribution in [0, 0.1) is 5.92 Å². The summed E-state index contributed by atoms with van der Waals surface area (Å²) in [6, 6.07) is 12.0. The molecular weight excluding hydrogens is 497 g/mol. The van der Waals surface area contributed by atoms with E-state index in [1.807, 2.05) is 18.2 Å². The first kappa shape index (κ1) is 25.7. The number of aryl methyl sites for hydroxylation is 1. The normalized spacial score (nSPS) is 16.9. The molecule has 7 nitrogen and oxygen atoms in total. The molecule has 0 aliphatic heterocycles. The van der Waals surface area contributed by atoms with Crippen LogP contribution in [0.25, 0.3) is 0 Å². The number of amides is 2. The van der Waals surface area contributed by atoms with Crippen LogP contribution >= 0.6 is 0 Å². The van der Waals surface area contributed by atoms with Crippen LogP contribution in [-0.2, 0) is 30.4 Å². The monoisotopic (exact) mass is 524 g/mol. The Bertz CT molecular complexity index is 1370. The zero-order valence-electron chi connectivity index (χ0n) is 20.5. The van der Waals surface area contributed by atoms with Gasteiger partial charge in [-0.3, -0.25) is 9.59 Å². The number of aromatic nitrogens is 1. The molecule has 2 aliphatic carbocycles. The second kappa shape index (κ2) is 10.4. The van der Waals surface area contributed by atoms with Crippen LogP contribution in [0.5, 0.6) is 11.5 Å². The molecule has 0 spiro atoms. The highest BCUT2D eigenvalue weighted by Gasteiger charge is 2.32. The van der Waals surface area contributed by atoms with Crippen molar-refractivity contribution in [1.82, 2.24) is 10.3 Å². The Morgan fingerprint density at radius 3 is 2.53 bits per heavy atom. The first-order valence-electron chi connectivity index (χ1n) is 12.5. The average molecular weight is 525 g/mol. The van der Waals surface area contributed by atoms with Crippen LogP contribution in [-0.4, -0.2) is 22.8 Å². The van der Waals surface area contributed by atoms with Crippen molar-refractivity contribution >= 4 is 17.6 Å². The summed E-state index contributed by atoms with van der Waals surface area (Å²) in [7, 11) is 0.